The normalized spacial score (nSPS) is 14.9. The fourth-order valence-electron chi connectivity index (χ4n) is 1.26. The molecule has 1 heterocycles. The second-order valence-electron chi connectivity index (χ2n) is 3.38. The van der Waals surface area contributed by atoms with Crippen LogP contribution in [0.2, 0.25) is 0 Å². The zero-order valence-electron chi connectivity index (χ0n) is 8.69. The summed E-state index contributed by atoms with van der Waals surface area (Å²) in [5.74, 6) is -1.02. The monoisotopic (exact) mass is 230 g/mol. The van der Waals surface area contributed by atoms with E-state index in [1.807, 2.05) is 6.92 Å². The Morgan fingerprint density at radius 3 is 2.87 bits per heavy atom. The number of carboxylic acids is 1. The summed E-state index contributed by atoms with van der Waals surface area (Å²) in [7, 11) is 0. The summed E-state index contributed by atoms with van der Waals surface area (Å²) in [6.07, 6.45) is 0. The van der Waals surface area contributed by atoms with Crippen molar-refractivity contribution in [3.63, 3.8) is 0 Å². The lowest BCUT2D eigenvalue weighted by atomic mass is 10.0. The van der Waals surface area contributed by atoms with Crippen LogP contribution in [0.5, 0.6) is 0 Å². The fourth-order valence-corrected chi connectivity index (χ4v) is 2.20. The first-order chi connectivity index (χ1) is 6.99. The van der Waals surface area contributed by atoms with E-state index in [9.17, 15) is 9.90 Å². The lowest BCUT2D eigenvalue weighted by Crippen LogP contribution is -2.28. The third-order valence-corrected chi connectivity index (χ3v) is 3.14. The predicted octanol–water partition coefficient (Wildman–Crippen LogP) is 1.69. The summed E-state index contributed by atoms with van der Waals surface area (Å²) in [5.41, 5.74) is -1.09. The van der Waals surface area contributed by atoms with Crippen LogP contribution in [0.15, 0.2) is 11.4 Å². The van der Waals surface area contributed by atoms with Crippen molar-refractivity contribution in [2.24, 2.45) is 0 Å². The maximum Gasteiger partial charge on any atom is 0.336 e. The Hall–Kier alpha value is -0.910. The van der Waals surface area contributed by atoms with Crippen LogP contribution in [-0.4, -0.2) is 29.4 Å². The van der Waals surface area contributed by atoms with Crippen molar-refractivity contribution in [1.29, 1.82) is 0 Å². The van der Waals surface area contributed by atoms with E-state index in [0.29, 0.717) is 11.5 Å². The van der Waals surface area contributed by atoms with Gasteiger partial charge >= 0.3 is 5.97 Å². The molecular weight excluding hydrogens is 216 g/mol. The predicted molar refractivity (Wildman–Crippen MR) is 57.3 cm³/mol. The standard InChI is InChI=1S/C10H14O4S/c1-3-14-6-10(2,13)8-7(9(11)12)4-5-15-8/h4-5,13H,3,6H2,1-2H3,(H,11,12). The van der Waals surface area contributed by atoms with Crippen molar-refractivity contribution in [1.82, 2.24) is 0 Å². The Balaban J connectivity index is 2.93. The summed E-state index contributed by atoms with van der Waals surface area (Å²) in [5, 5.41) is 20.6. The van der Waals surface area contributed by atoms with E-state index in [1.165, 1.54) is 17.4 Å². The van der Waals surface area contributed by atoms with Crippen molar-refractivity contribution < 1.29 is 19.7 Å². The highest BCUT2D eigenvalue weighted by Crippen LogP contribution is 2.29. The lowest BCUT2D eigenvalue weighted by Gasteiger charge is -2.22. The molecule has 1 rings (SSSR count). The summed E-state index contributed by atoms with van der Waals surface area (Å²) in [6.45, 7) is 3.97. The molecule has 1 unspecified atom stereocenters. The maximum atomic E-state index is 10.9. The summed E-state index contributed by atoms with van der Waals surface area (Å²) < 4.78 is 5.12. The minimum absolute atomic E-state index is 0.101. The molecule has 0 saturated heterocycles. The number of aliphatic hydroxyl groups is 1. The van der Waals surface area contributed by atoms with Gasteiger partial charge in [0.1, 0.15) is 5.60 Å². The molecule has 0 aliphatic rings. The van der Waals surface area contributed by atoms with Gasteiger partial charge in [-0.25, -0.2) is 4.79 Å². The number of carbonyl (C=O) groups is 1. The second kappa shape index (κ2) is 4.74. The molecule has 0 radical (unpaired) electrons. The quantitative estimate of drug-likeness (QED) is 0.807. The largest absolute Gasteiger partial charge is 0.478 e. The number of rotatable bonds is 5. The molecule has 1 aromatic rings. The van der Waals surface area contributed by atoms with Crippen molar-refractivity contribution in [2.75, 3.05) is 13.2 Å². The first-order valence-corrected chi connectivity index (χ1v) is 5.48. The smallest absolute Gasteiger partial charge is 0.336 e. The Kier molecular flexibility index (Phi) is 3.84. The number of thiophene rings is 1. The van der Waals surface area contributed by atoms with Gasteiger partial charge in [-0.1, -0.05) is 0 Å². The van der Waals surface area contributed by atoms with Gasteiger partial charge in [0.15, 0.2) is 0 Å². The van der Waals surface area contributed by atoms with E-state index in [1.54, 1.807) is 12.3 Å². The van der Waals surface area contributed by atoms with Crippen LogP contribution in [0.25, 0.3) is 0 Å². The highest BCUT2D eigenvalue weighted by molar-refractivity contribution is 7.10. The van der Waals surface area contributed by atoms with Crippen LogP contribution >= 0.6 is 11.3 Å². The highest BCUT2D eigenvalue weighted by Gasteiger charge is 2.29. The van der Waals surface area contributed by atoms with Crippen molar-refractivity contribution in [2.45, 2.75) is 19.4 Å². The molecule has 15 heavy (non-hydrogen) atoms. The van der Waals surface area contributed by atoms with Gasteiger partial charge < -0.3 is 14.9 Å². The Morgan fingerprint density at radius 2 is 2.33 bits per heavy atom. The summed E-state index contributed by atoms with van der Waals surface area (Å²) in [6, 6.07) is 1.49. The zero-order valence-corrected chi connectivity index (χ0v) is 9.50. The average Bonchev–Trinajstić information content (AvgIpc) is 2.63. The Morgan fingerprint density at radius 1 is 1.67 bits per heavy atom. The first-order valence-electron chi connectivity index (χ1n) is 4.60. The summed E-state index contributed by atoms with van der Waals surface area (Å²) >= 11 is 1.22. The average molecular weight is 230 g/mol. The van der Waals surface area contributed by atoms with E-state index in [-0.39, 0.29) is 12.2 Å². The van der Waals surface area contributed by atoms with Crippen LogP contribution in [0.4, 0.5) is 0 Å². The van der Waals surface area contributed by atoms with Gasteiger partial charge in [0.2, 0.25) is 0 Å². The van der Waals surface area contributed by atoms with Crippen LogP contribution in [0.1, 0.15) is 29.1 Å². The molecular formula is C10H14O4S. The molecule has 1 atom stereocenters. The molecule has 84 valence electrons. The van der Waals surface area contributed by atoms with Crippen molar-refractivity contribution in [3.05, 3.63) is 21.9 Å². The van der Waals surface area contributed by atoms with Crippen LogP contribution in [0, 0.1) is 0 Å². The van der Waals surface area contributed by atoms with E-state index < -0.39 is 11.6 Å². The van der Waals surface area contributed by atoms with Gasteiger partial charge in [0.25, 0.3) is 0 Å². The molecule has 0 amide bonds. The molecule has 0 aliphatic carbocycles. The van der Waals surface area contributed by atoms with E-state index >= 15 is 0 Å². The molecule has 0 saturated carbocycles. The van der Waals surface area contributed by atoms with Crippen LogP contribution < -0.4 is 0 Å². The molecule has 0 aliphatic heterocycles. The topological polar surface area (TPSA) is 66.8 Å². The first kappa shape index (κ1) is 12.2. The van der Waals surface area contributed by atoms with Gasteiger partial charge in [-0.05, 0) is 25.3 Å². The number of aromatic carboxylic acids is 1. The van der Waals surface area contributed by atoms with Gasteiger partial charge in [-0.15, -0.1) is 11.3 Å². The lowest BCUT2D eigenvalue weighted by molar-refractivity contribution is -0.0324. The van der Waals surface area contributed by atoms with E-state index in [2.05, 4.69) is 0 Å². The highest BCUT2D eigenvalue weighted by atomic mass is 32.1. The molecule has 0 spiro atoms. The van der Waals surface area contributed by atoms with Crippen LogP contribution in [0.3, 0.4) is 0 Å². The Bertz CT molecular complexity index is 343. The van der Waals surface area contributed by atoms with Gasteiger partial charge in [-0.3, -0.25) is 0 Å². The van der Waals surface area contributed by atoms with Gasteiger partial charge in [0, 0.05) is 6.61 Å². The minimum Gasteiger partial charge on any atom is -0.478 e. The SMILES string of the molecule is CCOCC(C)(O)c1sccc1C(=O)O. The van der Waals surface area contributed by atoms with E-state index in [4.69, 9.17) is 9.84 Å². The van der Waals surface area contributed by atoms with Gasteiger partial charge in [-0.2, -0.15) is 0 Å². The zero-order chi connectivity index (χ0) is 11.5. The third-order valence-electron chi connectivity index (χ3n) is 1.97. The number of hydrogen-bond donors (Lipinski definition) is 2. The molecule has 2 N–H and O–H groups in total. The number of carboxylic acid groups (broad SMARTS) is 1. The molecule has 0 bridgehead atoms. The van der Waals surface area contributed by atoms with Crippen molar-refractivity contribution >= 4 is 17.3 Å². The third kappa shape index (κ3) is 2.77. The minimum atomic E-state index is -1.24. The summed E-state index contributed by atoms with van der Waals surface area (Å²) in [4.78, 5) is 11.3. The molecule has 4 nitrogen and oxygen atoms in total. The molecule has 0 fully saturated rings. The molecule has 5 heteroatoms. The molecule has 0 aromatic carbocycles. The van der Waals surface area contributed by atoms with E-state index in [0.717, 1.165) is 0 Å². The fraction of sp³-hybridized carbons (Fsp3) is 0.500. The Labute approximate surface area is 92.1 Å². The molecule has 1 aromatic heterocycles. The maximum absolute atomic E-state index is 10.9. The van der Waals surface area contributed by atoms with Crippen LogP contribution in [-0.2, 0) is 10.3 Å². The number of hydrogen-bond acceptors (Lipinski definition) is 4. The number of ether oxygens (including phenoxy) is 1. The second-order valence-corrected chi connectivity index (χ2v) is 4.30. The van der Waals surface area contributed by atoms with Crippen molar-refractivity contribution in [3.8, 4) is 0 Å². The van der Waals surface area contributed by atoms with Gasteiger partial charge in [0.05, 0.1) is 17.0 Å².